The Morgan fingerprint density at radius 2 is 1.88 bits per heavy atom. The van der Waals surface area contributed by atoms with E-state index in [4.69, 9.17) is 0 Å². The van der Waals surface area contributed by atoms with Crippen molar-refractivity contribution in [2.24, 2.45) is 0 Å². The highest BCUT2D eigenvalue weighted by atomic mass is 32.2. The average Bonchev–Trinajstić information content (AvgIpc) is 2.38. The van der Waals surface area contributed by atoms with Crippen LogP contribution >= 0.6 is 0 Å². The van der Waals surface area contributed by atoms with Crippen LogP contribution in [0.25, 0.3) is 6.08 Å². The first-order valence-corrected chi connectivity index (χ1v) is 6.11. The minimum Gasteiger partial charge on any atom is -0.264 e. The normalized spacial score (nSPS) is 12.8. The predicted molar refractivity (Wildman–Crippen MR) is 66.1 cm³/mol. The highest BCUT2D eigenvalue weighted by Crippen LogP contribution is 2.08. The van der Waals surface area contributed by atoms with E-state index in [-0.39, 0.29) is 0 Å². The SMILES string of the molecule is O=S(/C=C/c1cccnc1)c1ccccc1. The molecule has 0 amide bonds. The standard InChI is InChI=1S/C13H11NOS/c15-16(13-6-2-1-3-7-13)10-8-12-5-4-9-14-11-12/h1-11H/b10-8+. The third-order valence-electron chi connectivity index (χ3n) is 2.04. The van der Waals surface area contributed by atoms with Gasteiger partial charge >= 0.3 is 0 Å². The van der Waals surface area contributed by atoms with Crippen LogP contribution in [-0.2, 0) is 10.8 Å². The maximum atomic E-state index is 11.8. The zero-order valence-corrected chi connectivity index (χ0v) is 9.43. The van der Waals surface area contributed by atoms with Gasteiger partial charge in [-0.05, 0) is 29.8 Å². The molecule has 1 aromatic heterocycles. The quantitative estimate of drug-likeness (QED) is 0.810. The molecule has 1 unspecified atom stereocenters. The van der Waals surface area contributed by atoms with Crippen LogP contribution in [0.4, 0.5) is 0 Å². The summed E-state index contributed by atoms with van der Waals surface area (Å²) in [7, 11) is -1.09. The molecular weight excluding hydrogens is 218 g/mol. The van der Waals surface area contributed by atoms with Crippen molar-refractivity contribution in [3.8, 4) is 0 Å². The van der Waals surface area contributed by atoms with Crippen LogP contribution in [-0.4, -0.2) is 9.19 Å². The van der Waals surface area contributed by atoms with Gasteiger partial charge in [0.2, 0.25) is 0 Å². The number of hydrogen-bond acceptors (Lipinski definition) is 2. The third kappa shape index (κ3) is 2.87. The summed E-state index contributed by atoms with van der Waals surface area (Å²) in [6, 6.07) is 13.1. The van der Waals surface area contributed by atoms with Gasteiger partial charge in [-0.1, -0.05) is 24.3 Å². The maximum absolute atomic E-state index is 11.8. The van der Waals surface area contributed by atoms with Gasteiger partial charge in [0.15, 0.2) is 0 Å². The summed E-state index contributed by atoms with van der Waals surface area (Å²) < 4.78 is 11.8. The van der Waals surface area contributed by atoms with Crippen molar-refractivity contribution < 1.29 is 4.21 Å². The fraction of sp³-hybridized carbons (Fsp3) is 0. The third-order valence-corrected chi connectivity index (χ3v) is 3.16. The van der Waals surface area contributed by atoms with E-state index >= 15 is 0 Å². The van der Waals surface area contributed by atoms with Gasteiger partial charge in [0.05, 0.1) is 10.8 Å². The highest BCUT2D eigenvalue weighted by molar-refractivity contribution is 7.88. The lowest BCUT2D eigenvalue weighted by Crippen LogP contribution is -1.84. The average molecular weight is 229 g/mol. The lowest BCUT2D eigenvalue weighted by Gasteiger charge is -1.95. The van der Waals surface area contributed by atoms with Gasteiger partial charge in [-0.2, -0.15) is 0 Å². The van der Waals surface area contributed by atoms with Gasteiger partial charge in [0.1, 0.15) is 0 Å². The molecule has 0 aliphatic rings. The lowest BCUT2D eigenvalue weighted by molar-refractivity contribution is 0.688. The Morgan fingerprint density at radius 3 is 2.56 bits per heavy atom. The van der Waals surface area contributed by atoms with Gasteiger partial charge < -0.3 is 0 Å². The fourth-order valence-corrected chi connectivity index (χ4v) is 2.11. The van der Waals surface area contributed by atoms with Gasteiger partial charge in [0.25, 0.3) is 0 Å². The molecular formula is C13H11NOS. The molecule has 0 N–H and O–H groups in total. The lowest BCUT2D eigenvalue weighted by atomic mass is 10.3. The molecule has 1 atom stereocenters. The first kappa shape index (κ1) is 10.8. The molecule has 3 heteroatoms. The Morgan fingerprint density at radius 1 is 1.06 bits per heavy atom. The zero-order chi connectivity index (χ0) is 11.2. The van der Waals surface area contributed by atoms with Crippen molar-refractivity contribution in [2.45, 2.75) is 4.90 Å². The molecule has 80 valence electrons. The van der Waals surface area contributed by atoms with E-state index < -0.39 is 10.8 Å². The van der Waals surface area contributed by atoms with Crippen LogP contribution in [0.3, 0.4) is 0 Å². The maximum Gasteiger partial charge on any atom is 0.0776 e. The van der Waals surface area contributed by atoms with Crippen LogP contribution in [0.1, 0.15) is 5.56 Å². The molecule has 0 aliphatic carbocycles. The molecule has 2 aromatic rings. The number of nitrogens with zero attached hydrogens (tertiary/aromatic N) is 1. The molecule has 0 radical (unpaired) electrons. The minimum absolute atomic E-state index is 0.808. The van der Waals surface area contributed by atoms with Gasteiger partial charge in [-0.25, -0.2) is 4.21 Å². The Balaban J connectivity index is 2.12. The Hall–Kier alpha value is -1.74. The molecule has 0 saturated carbocycles. The first-order valence-electron chi connectivity index (χ1n) is 4.90. The Bertz CT molecular complexity index is 494. The summed E-state index contributed by atoms with van der Waals surface area (Å²) in [4.78, 5) is 4.79. The fourth-order valence-electron chi connectivity index (χ4n) is 1.25. The molecule has 0 aliphatic heterocycles. The first-order chi connectivity index (χ1) is 7.86. The van der Waals surface area contributed by atoms with E-state index in [0.717, 1.165) is 10.5 Å². The van der Waals surface area contributed by atoms with Gasteiger partial charge in [-0.15, -0.1) is 0 Å². The Labute approximate surface area is 97.1 Å². The zero-order valence-electron chi connectivity index (χ0n) is 8.61. The van der Waals surface area contributed by atoms with Crippen molar-refractivity contribution in [2.75, 3.05) is 0 Å². The summed E-state index contributed by atoms with van der Waals surface area (Å²) in [6.45, 7) is 0. The van der Waals surface area contributed by atoms with Crippen molar-refractivity contribution in [1.82, 2.24) is 4.98 Å². The molecule has 16 heavy (non-hydrogen) atoms. The van der Waals surface area contributed by atoms with E-state index in [1.807, 2.05) is 48.5 Å². The number of benzene rings is 1. The van der Waals surface area contributed by atoms with Crippen LogP contribution in [0.5, 0.6) is 0 Å². The summed E-state index contributed by atoms with van der Waals surface area (Å²) in [5, 5.41) is 1.67. The van der Waals surface area contributed by atoms with Gasteiger partial charge in [0, 0.05) is 22.7 Å². The van der Waals surface area contributed by atoms with Crippen LogP contribution in [0.15, 0.2) is 65.2 Å². The second kappa shape index (κ2) is 5.37. The van der Waals surface area contributed by atoms with E-state index in [1.165, 1.54) is 0 Å². The van der Waals surface area contributed by atoms with Crippen LogP contribution in [0, 0.1) is 0 Å². The molecule has 0 saturated heterocycles. The van der Waals surface area contributed by atoms with E-state index in [2.05, 4.69) is 4.98 Å². The van der Waals surface area contributed by atoms with Crippen LogP contribution in [0.2, 0.25) is 0 Å². The molecule has 1 heterocycles. The molecule has 0 spiro atoms. The second-order valence-corrected chi connectivity index (χ2v) is 4.54. The topological polar surface area (TPSA) is 30.0 Å². The van der Waals surface area contributed by atoms with Crippen LogP contribution < -0.4 is 0 Å². The molecule has 0 fully saturated rings. The van der Waals surface area contributed by atoms with E-state index in [9.17, 15) is 4.21 Å². The number of aromatic nitrogens is 1. The Kier molecular flexibility index (Phi) is 3.62. The monoisotopic (exact) mass is 229 g/mol. The number of hydrogen-bond donors (Lipinski definition) is 0. The summed E-state index contributed by atoms with van der Waals surface area (Å²) in [6.07, 6.45) is 5.26. The predicted octanol–water partition coefficient (Wildman–Crippen LogP) is 2.86. The highest BCUT2D eigenvalue weighted by Gasteiger charge is 1.96. The molecule has 0 bridgehead atoms. The summed E-state index contributed by atoms with van der Waals surface area (Å²) >= 11 is 0. The minimum atomic E-state index is -1.09. The number of pyridine rings is 1. The largest absolute Gasteiger partial charge is 0.264 e. The van der Waals surface area contributed by atoms with Crippen molar-refractivity contribution >= 4 is 16.9 Å². The van der Waals surface area contributed by atoms with E-state index in [1.54, 1.807) is 17.8 Å². The van der Waals surface area contributed by atoms with E-state index in [0.29, 0.717) is 0 Å². The number of rotatable bonds is 3. The summed E-state index contributed by atoms with van der Waals surface area (Å²) in [5.41, 5.74) is 0.951. The molecule has 1 aromatic carbocycles. The van der Waals surface area contributed by atoms with Crippen molar-refractivity contribution in [3.63, 3.8) is 0 Å². The summed E-state index contributed by atoms with van der Waals surface area (Å²) in [5.74, 6) is 0. The van der Waals surface area contributed by atoms with Gasteiger partial charge in [-0.3, -0.25) is 4.98 Å². The molecule has 2 nitrogen and oxygen atoms in total. The van der Waals surface area contributed by atoms with Crippen molar-refractivity contribution in [1.29, 1.82) is 0 Å². The smallest absolute Gasteiger partial charge is 0.0776 e. The second-order valence-electron chi connectivity index (χ2n) is 3.20. The molecule has 2 rings (SSSR count). The van der Waals surface area contributed by atoms with Crippen molar-refractivity contribution in [3.05, 3.63) is 65.8 Å².